The minimum atomic E-state index is -0.273. The van der Waals surface area contributed by atoms with Gasteiger partial charge in [0.05, 0.1) is 0 Å². The summed E-state index contributed by atoms with van der Waals surface area (Å²) in [5.41, 5.74) is 7.14. The molecule has 0 bridgehead atoms. The Labute approximate surface area is 98.5 Å². The monoisotopic (exact) mass is 233 g/mol. The van der Waals surface area contributed by atoms with Crippen LogP contribution in [0.3, 0.4) is 0 Å². The van der Waals surface area contributed by atoms with E-state index in [0.29, 0.717) is 10.6 Å². The van der Waals surface area contributed by atoms with E-state index in [1.807, 2.05) is 31.2 Å². The molecule has 0 fully saturated rings. The Balaban J connectivity index is 2.23. The molecule has 0 aliphatic carbocycles. The maximum Gasteiger partial charge on any atom is 0.139 e. The third-order valence-electron chi connectivity index (χ3n) is 2.20. The predicted octanol–water partition coefficient (Wildman–Crippen LogP) is 3.87. The minimum absolute atomic E-state index is 0.273. The van der Waals surface area contributed by atoms with Gasteiger partial charge < -0.3 is 5.73 Å². The lowest BCUT2D eigenvalue weighted by Crippen LogP contribution is -1.87. The third-order valence-corrected chi connectivity index (χ3v) is 3.26. The average molecular weight is 233 g/mol. The van der Waals surface area contributed by atoms with Crippen LogP contribution in [-0.2, 0) is 0 Å². The van der Waals surface area contributed by atoms with Crippen molar-refractivity contribution < 1.29 is 4.39 Å². The molecule has 0 saturated heterocycles. The second-order valence-corrected chi connectivity index (χ2v) is 4.72. The standard InChI is InChI=1S/C13H12FNS/c1-9-2-5-11(6-3-9)16-13-7-4-10(15)8-12(13)14/h2-8H,15H2,1H3. The van der Waals surface area contributed by atoms with Gasteiger partial charge in [-0.2, -0.15) is 0 Å². The highest BCUT2D eigenvalue weighted by Gasteiger charge is 2.04. The van der Waals surface area contributed by atoms with E-state index < -0.39 is 0 Å². The maximum absolute atomic E-state index is 13.5. The van der Waals surface area contributed by atoms with Crippen LogP contribution in [0.2, 0.25) is 0 Å². The average Bonchev–Trinajstić information content (AvgIpc) is 2.25. The molecular weight excluding hydrogens is 221 g/mol. The highest BCUT2D eigenvalue weighted by Crippen LogP contribution is 2.30. The normalized spacial score (nSPS) is 10.4. The largest absolute Gasteiger partial charge is 0.399 e. The lowest BCUT2D eigenvalue weighted by molar-refractivity contribution is 0.603. The molecule has 1 nitrogen and oxygen atoms in total. The summed E-state index contributed by atoms with van der Waals surface area (Å²) in [5, 5.41) is 0. The lowest BCUT2D eigenvalue weighted by atomic mass is 10.2. The van der Waals surface area contributed by atoms with Crippen LogP contribution in [0, 0.1) is 12.7 Å². The van der Waals surface area contributed by atoms with Gasteiger partial charge >= 0.3 is 0 Å². The molecule has 16 heavy (non-hydrogen) atoms. The zero-order valence-corrected chi connectivity index (χ0v) is 9.72. The van der Waals surface area contributed by atoms with Crippen molar-refractivity contribution in [3.63, 3.8) is 0 Å². The molecule has 0 heterocycles. The van der Waals surface area contributed by atoms with Crippen LogP contribution in [-0.4, -0.2) is 0 Å². The molecule has 0 saturated carbocycles. The summed E-state index contributed by atoms with van der Waals surface area (Å²) >= 11 is 1.40. The molecule has 0 aliphatic heterocycles. The molecule has 2 aromatic rings. The van der Waals surface area contributed by atoms with Gasteiger partial charge in [0.1, 0.15) is 5.82 Å². The Morgan fingerprint density at radius 1 is 1.06 bits per heavy atom. The maximum atomic E-state index is 13.5. The van der Waals surface area contributed by atoms with Crippen molar-refractivity contribution in [1.29, 1.82) is 0 Å². The van der Waals surface area contributed by atoms with E-state index in [-0.39, 0.29) is 5.82 Å². The molecule has 82 valence electrons. The van der Waals surface area contributed by atoms with Gasteiger partial charge in [-0.1, -0.05) is 29.5 Å². The first-order chi connectivity index (χ1) is 7.65. The molecule has 0 spiro atoms. The van der Waals surface area contributed by atoms with Crippen molar-refractivity contribution in [1.82, 2.24) is 0 Å². The van der Waals surface area contributed by atoms with Crippen LogP contribution < -0.4 is 5.73 Å². The van der Waals surface area contributed by atoms with Gasteiger partial charge in [-0.25, -0.2) is 4.39 Å². The van der Waals surface area contributed by atoms with Gasteiger partial charge in [-0.15, -0.1) is 0 Å². The lowest BCUT2D eigenvalue weighted by Gasteiger charge is -2.04. The van der Waals surface area contributed by atoms with Gasteiger partial charge in [-0.3, -0.25) is 0 Å². The molecule has 0 atom stereocenters. The fourth-order valence-electron chi connectivity index (χ4n) is 1.33. The number of nitrogens with two attached hydrogens (primary N) is 1. The molecular formula is C13H12FNS. The summed E-state index contributed by atoms with van der Waals surface area (Å²) in [5.74, 6) is -0.273. The third kappa shape index (κ3) is 2.55. The van der Waals surface area contributed by atoms with Gasteiger partial charge in [0.25, 0.3) is 0 Å². The topological polar surface area (TPSA) is 26.0 Å². The molecule has 3 heteroatoms. The van der Waals surface area contributed by atoms with Crippen molar-refractivity contribution in [3.8, 4) is 0 Å². The molecule has 0 aliphatic rings. The number of rotatable bonds is 2. The Morgan fingerprint density at radius 2 is 1.75 bits per heavy atom. The van der Waals surface area contributed by atoms with Crippen molar-refractivity contribution in [3.05, 3.63) is 53.8 Å². The van der Waals surface area contributed by atoms with E-state index in [1.165, 1.54) is 23.4 Å². The predicted molar refractivity (Wildman–Crippen MR) is 66.1 cm³/mol. The number of hydrogen-bond donors (Lipinski definition) is 1. The molecule has 0 radical (unpaired) electrons. The highest BCUT2D eigenvalue weighted by molar-refractivity contribution is 7.99. The van der Waals surface area contributed by atoms with Crippen LogP contribution >= 0.6 is 11.8 Å². The van der Waals surface area contributed by atoms with Crippen LogP contribution in [0.5, 0.6) is 0 Å². The summed E-state index contributed by atoms with van der Waals surface area (Å²) in [6, 6.07) is 12.7. The van der Waals surface area contributed by atoms with Crippen LogP contribution in [0.25, 0.3) is 0 Å². The quantitative estimate of drug-likeness (QED) is 0.797. The Kier molecular flexibility index (Phi) is 3.15. The molecule has 2 rings (SSSR count). The summed E-state index contributed by atoms with van der Waals surface area (Å²) in [6.07, 6.45) is 0. The first-order valence-electron chi connectivity index (χ1n) is 4.95. The number of anilines is 1. The number of halogens is 1. The smallest absolute Gasteiger partial charge is 0.139 e. The SMILES string of the molecule is Cc1ccc(Sc2ccc(N)cc2F)cc1. The van der Waals surface area contributed by atoms with E-state index in [2.05, 4.69) is 0 Å². The first-order valence-corrected chi connectivity index (χ1v) is 5.76. The summed E-state index contributed by atoms with van der Waals surface area (Å²) in [6.45, 7) is 2.03. The van der Waals surface area contributed by atoms with Crippen molar-refractivity contribution >= 4 is 17.4 Å². The van der Waals surface area contributed by atoms with E-state index in [0.717, 1.165) is 4.90 Å². The molecule has 2 aromatic carbocycles. The van der Waals surface area contributed by atoms with Crippen LogP contribution in [0.4, 0.5) is 10.1 Å². The van der Waals surface area contributed by atoms with E-state index in [1.54, 1.807) is 12.1 Å². The second kappa shape index (κ2) is 4.58. The Bertz CT molecular complexity index is 494. The van der Waals surface area contributed by atoms with Crippen molar-refractivity contribution in [2.75, 3.05) is 5.73 Å². The first kappa shape index (κ1) is 11.0. The molecule has 0 unspecified atom stereocenters. The van der Waals surface area contributed by atoms with Crippen LogP contribution in [0.15, 0.2) is 52.3 Å². The highest BCUT2D eigenvalue weighted by atomic mass is 32.2. The molecule has 0 aromatic heterocycles. The van der Waals surface area contributed by atoms with Crippen molar-refractivity contribution in [2.45, 2.75) is 16.7 Å². The number of hydrogen-bond acceptors (Lipinski definition) is 2. The van der Waals surface area contributed by atoms with E-state index in [4.69, 9.17) is 5.73 Å². The van der Waals surface area contributed by atoms with Crippen molar-refractivity contribution in [2.24, 2.45) is 0 Å². The zero-order chi connectivity index (χ0) is 11.5. The van der Waals surface area contributed by atoms with E-state index >= 15 is 0 Å². The molecule has 2 N–H and O–H groups in total. The summed E-state index contributed by atoms with van der Waals surface area (Å²) < 4.78 is 13.5. The Hall–Kier alpha value is -1.48. The fourth-order valence-corrected chi connectivity index (χ4v) is 2.15. The van der Waals surface area contributed by atoms with Crippen LogP contribution in [0.1, 0.15) is 5.56 Å². The van der Waals surface area contributed by atoms with Gasteiger partial charge in [0, 0.05) is 15.5 Å². The fraction of sp³-hybridized carbons (Fsp3) is 0.0769. The molecule has 0 amide bonds. The minimum Gasteiger partial charge on any atom is -0.399 e. The zero-order valence-electron chi connectivity index (χ0n) is 8.91. The van der Waals surface area contributed by atoms with Gasteiger partial charge in [0.2, 0.25) is 0 Å². The number of benzene rings is 2. The summed E-state index contributed by atoms with van der Waals surface area (Å²) in [7, 11) is 0. The summed E-state index contributed by atoms with van der Waals surface area (Å²) in [4.78, 5) is 1.62. The van der Waals surface area contributed by atoms with Gasteiger partial charge in [-0.05, 0) is 37.3 Å². The Morgan fingerprint density at radius 3 is 2.38 bits per heavy atom. The number of nitrogen functional groups attached to an aromatic ring is 1. The van der Waals surface area contributed by atoms with E-state index in [9.17, 15) is 4.39 Å². The second-order valence-electron chi connectivity index (χ2n) is 3.60. The number of aryl methyl sites for hydroxylation is 1. The van der Waals surface area contributed by atoms with Gasteiger partial charge in [0.15, 0.2) is 0 Å².